The van der Waals surface area contributed by atoms with Crippen LogP contribution in [0.25, 0.3) is 0 Å². The summed E-state index contributed by atoms with van der Waals surface area (Å²) in [5.41, 5.74) is 0.734. The van der Waals surface area contributed by atoms with Gasteiger partial charge in [-0.25, -0.2) is 4.79 Å². The van der Waals surface area contributed by atoms with Gasteiger partial charge in [-0.15, -0.1) is 0 Å². The molecule has 1 heterocycles. The number of amides is 2. The molecule has 0 radical (unpaired) electrons. The molecule has 5 heteroatoms. The summed E-state index contributed by atoms with van der Waals surface area (Å²) >= 11 is 0. The van der Waals surface area contributed by atoms with Crippen molar-refractivity contribution in [2.24, 2.45) is 0 Å². The summed E-state index contributed by atoms with van der Waals surface area (Å²) in [6.45, 7) is 2.75. The molecule has 0 aromatic heterocycles. The van der Waals surface area contributed by atoms with Crippen molar-refractivity contribution in [3.05, 3.63) is 24.3 Å². The van der Waals surface area contributed by atoms with Crippen LogP contribution < -0.4 is 15.4 Å². The molecular formula is C14H20N2O3. The first-order valence-corrected chi connectivity index (χ1v) is 6.52. The number of anilines is 1. The van der Waals surface area contributed by atoms with Crippen LogP contribution in [-0.2, 0) is 4.74 Å². The number of ether oxygens (including phenoxy) is 2. The minimum atomic E-state index is -0.215. The Morgan fingerprint density at radius 1 is 1.42 bits per heavy atom. The maximum atomic E-state index is 11.8. The molecule has 0 spiro atoms. The molecule has 2 amide bonds. The lowest BCUT2D eigenvalue weighted by atomic mass is 10.1. The van der Waals surface area contributed by atoms with E-state index in [9.17, 15) is 4.79 Å². The van der Waals surface area contributed by atoms with Crippen molar-refractivity contribution in [1.29, 1.82) is 0 Å². The van der Waals surface area contributed by atoms with E-state index in [-0.39, 0.29) is 18.2 Å². The lowest BCUT2D eigenvalue weighted by Crippen LogP contribution is -2.42. The van der Waals surface area contributed by atoms with E-state index in [0.717, 1.165) is 30.9 Å². The second-order valence-electron chi connectivity index (χ2n) is 4.67. The van der Waals surface area contributed by atoms with Gasteiger partial charge in [0.15, 0.2) is 0 Å². The molecule has 19 heavy (non-hydrogen) atoms. The molecule has 0 unspecified atom stereocenters. The molecule has 2 rings (SSSR count). The molecule has 5 nitrogen and oxygen atoms in total. The van der Waals surface area contributed by atoms with E-state index in [4.69, 9.17) is 9.47 Å². The SMILES string of the molecule is COc1ccc(NC(=O)N[C@H](C)[C@@H]2CCCO2)cc1. The zero-order valence-corrected chi connectivity index (χ0v) is 11.3. The maximum absolute atomic E-state index is 11.8. The molecule has 1 aromatic carbocycles. The smallest absolute Gasteiger partial charge is 0.319 e. The summed E-state index contributed by atoms with van der Waals surface area (Å²) in [7, 11) is 1.61. The molecule has 104 valence electrons. The van der Waals surface area contributed by atoms with Gasteiger partial charge < -0.3 is 20.1 Å². The third-order valence-electron chi connectivity index (χ3n) is 3.23. The Labute approximate surface area is 113 Å². The number of nitrogens with one attached hydrogen (secondary N) is 2. The van der Waals surface area contributed by atoms with Crippen LogP contribution in [-0.4, -0.2) is 31.9 Å². The lowest BCUT2D eigenvalue weighted by Gasteiger charge is -2.20. The standard InChI is InChI=1S/C14H20N2O3/c1-10(13-4-3-9-19-13)15-14(17)16-11-5-7-12(18-2)8-6-11/h5-8,10,13H,3-4,9H2,1-2H3,(H2,15,16,17)/t10-,13+/m1/s1. The summed E-state index contributed by atoms with van der Waals surface area (Å²) in [6.07, 6.45) is 2.20. The third-order valence-corrected chi connectivity index (χ3v) is 3.23. The third kappa shape index (κ3) is 3.86. The van der Waals surface area contributed by atoms with Gasteiger partial charge in [0.2, 0.25) is 0 Å². The molecule has 2 N–H and O–H groups in total. The van der Waals surface area contributed by atoms with Crippen LogP contribution in [0.3, 0.4) is 0 Å². The maximum Gasteiger partial charge on any atom is 0.319 e. The quantitative estimate of drug-likeness (QED) is 0.877. The van der Waals surface area contributed by atoms with Gasteiger partial charge in [-0.3, -0.25) is 0 Å². The summed E-state index contributed by atoms with van der Waals surface area (Å²) in [5.74, 6) is 0.763. The van der Waals surface area contributed by atoms with Crippen molar-refractivity contribution in [2.75, 3.05) is 19.0 Å². The van der Waals surface area contributed by atoms with Crippen molar-refractivity contribution >= 4 is 11.7 Å². The predicted molar refractivity (Wildman–Crippen MR) is 73.6 cm³/mol. The fourth-order valence-corrected chi connectivity index (χ4v) is 2.14. The summed E-state index contributed by atoms with van der Waals surface area (Å²) in [5, 5.41) is 5.68. The fourth-order valence-electron chi connectivity index (χ4n) is 2.14. The number of hydrogen-bond acceptors (Lipinski definition) is 3. The highest BCUT2D eigenvalue weighted by Gasteiger charge is 2.23. The van der Waals surface area contributed by atoms with Gasteiger partial charge in [-0.1, -0.05) is 0 Å². The molecule has 1 aliphatic rings. The van der Waals surface area contributed by atoms with Gasteiger partial charge in [0.25, 0.3) is 0 Å². The average molecular weight is 264 g/mol. The second-order valence-corrected chi connectivity index (χ2v) is 4.67. The van der Waals surface area contributed by atoms with Gasteiger partial charge in [0.05, 0.1) is 19.3 Å². The number of benzene rings is 1. The Bertz CT molecular complexity index is 413. The monoisotopic (exact) mass is 264 g/mol. The van der Waals surface area contributed by atoms with Crippen LogP contribution in [0.4, 0.5) is 10.5 Å². The molecule has 1 fully saturated rings. The van der Waals surface area contributed by atoms with Crippen molar-refractivity contribution in [1.82, 2.24) is 5.32 Å². The Hall–Kier alpha value is -1.75. The highest BCUT2D eigenvalue weighted by atomic mass is 16.5. The summed E-state index contributed by atoms with van der Waals surface area (Å²) < 4.78 is 10.6. The minimum absolute atomic E-state index is 0.0146. The number of rotatable bonds is 4. The Kier molecular flexibility index (Phi) is 4.63. The highest BCUT2D eigenvalue weighted by molar-refractivity contribution is 5.89. The van der Waals surface area contributed by atoms with Crippen LogP contribution >= 0.6 is 0 Å². The summed E-state index contributed by atoms with van der Waals surface area (Å²) in [4.78, 5) is 11.8. The van der Waals surface area contributed by atoms with Gasteiger partial charge in [-0.05, 0) is 44.0 Å². The molecular weight excluding hydrogens is 244 g/mol. The van der Waals surface area contributed by atoms with Crippen molar-refractivity contribution < 1.29 is 14.3 Å². The van der Waals surface area contributed by atoms with E-state index in [1.807, 2.05) is 6.92 Å². The molecule has 1 aliphatic heterocycles. The Morgan fingerprint density at radius 3 is 2.74 bits per heavy atom. The molecule has 0 aliphatic carbocycles. The second kappa shape index (κ2) is 6.43. The zero-order valence-electron chi connectivity index (χ0n) is 11.3. The minimum Gasteiger partial charge on any atom is -0.497 e. The largest absolute Gasteiger partial charge is 0.497 e. The average Bonchev–Trinajstić information content (AvgIpc) is 2.93. The van der Waals surface area contributed by atoms with Crippen LogP contribution in [0.2, 0.25) is 0 Å². The van der Waals surface area contributed by atoms with E-state index < -0.39 is 0 Å². The van der Waals surface area contributed by atoms with Crippen LogP contribution in [0, 0.1) is 0 Å². The van der Waals surface area contributed by atoms with Crippen LogP contribution in [0.15, 0.2) is 24.3 Å². The lowest BCUT2D eigenvalue weighted by molar-refractivity contribution is 0.0868. The topological polar surface area (TPSA) is 59.6 Å². The van der Waals surface area contributed by atoms with E-state index in [2.05, 4.69) is 10.6 Å². The molecule has 0 saturated carbocycles. The van der Waals surface area contributed by atoms with Crippen molar-refractivity contribution in [3.63, 3.8) is 0 Å². The zero-order chi connectivity index (χ0) is 13.7. The first-order chi connectivity index (χ1) is 9.19. The molecule has 2 atom stereocenters. The first-order valence-electron chi connectivity index (χ1n) is 6.52. The summed E-state index contributed by atoms with van der Waals surface area (Å²) in [6, 6.07) is 7.01. The van der Waals surface area contributed by atoms with Crippen LogP contribution in [0.1, 0.15) is 19.8 Å². The van der Waals surface area contributed by atoms with E-state index in [1.165, 1.54) is 0 Å². The number of carbonyl (C=O) groups excluding carboxylic acids is 1. The molecule has 0 bridgehead atoms. The Balaban J connectivity index is 1.82. The molecule has 1 saturated heterocycles. The van der Waals surface area contributed by atoms with Crippen molar-refractivity contribution in [2.45, 2.75) is 31.9 Å². The predicted octanol–water partition coefficient (Wildman–Crippen LogP) is 2.38. The van der Waals surface area contributed by atoms with E-state index in [0.29, 0.717) is 0 Å². The fraction of sp³-hybridized carbons (Fsp3) is 0.500. The van der Waals surface area contributed by atoms with Crippen LogP contribution in [0.5, 0.6) is 5.75 Å². The van der Waals surface area contributed by atoms with Gasteiger partial charge in [0.1, 0.15) is 5.75 Å². The van der Waals surface area contributed by atoms with E-state index >= 15 is 0 Å². The number of carbonyl (C=O) groups is 1. The number of hydrogen-bond donors (Lipinski definition) is 2. The number of urea groups is 1. The Morgan fingerprint density at radius 2 is 2.16 bits per heavy atom. The van der Waals surface area contributed by atoms with Gasteiger partial charge in [-0.2, -0.15) is 0 Å². The van der Waals surface area contributed by atoms with Crippen molar-refractivity contribution in [3.8, 4) is 5.75 Å². The van der Waals surface area contributed by atoms with E-state index in [1.54, 1.807) is 31.4 Å². The number of methoxy groups -OCH3 is 1. The first kappa shape index (κ1) is 13.7. The molecule has 1 aromatic rings. The van der Waals surface area contributed by atoms with Gasteiger partial charge in [0, 0.05) is 12.3 Å². The highest BCUT2D eigenvalue weighted by Crippen LogP contribution is 2.16. The van der Waals surface area contributed by atoms with Gasteiger partial charge >= 0.3 is 6.03 Å². The normalized spacial score (nSPS) is 19.8.